The van der Waals surface area contributed by atoms with E-state index in [-0.39, 0.29) is 0 Å². The van der Waals surface area contributed by atoms with Gasteiger partial charge >= 0.3 is 0 Å². The van der Waals surface area contributed by atoms with Crippen molar-refractivity contribution in [2.24, 2.45) is 0 Å². The lowest BCUT2D eigenvalue weighted by Gasteiger charge is -2.10. The molecule has 2 heterocycles. The maximum atomic E-state index is 6.01. The first-order chi connectivity index (χ1) is 9.74. The smallest absolute Gasteiger partial charge is 0.0952 e. The third-order valence-corrected chi connectivity index (χ3v) is 3.56. The van der Waals surface area contributed by atoms with E-state index in [1.807, 2.05) is 28.9 Å². The van der Waals surface area contributed by atoms with Crippen molar-refractivity contribution in [2.75, 3.05) is 5.73 Å². The minimum Gasteiger partial charge on any atom is -0.397 e. The number of aromatic nitrogens is 3. The van der Waals surface area contributed by atoms with Gasteiger partial charge in [0.1, 0.15) is 0 Å². The molecule has 0 aliphatic carbocycles. The quantitative estimate of drug-likeness (QED) is 0.741. The van der Waals surface area contributed by atoms with Crippen molar-refractivity contribution in [3.05, 3.63) is 47.9 Å². The molecule has 102 valence electrons. The van der Waals surface area contributed by atoms with Gasteiger partial charge in [-0.15, -0.1) is 0 Å². The number of aryl methyl sites for hydroxylation is 2. The monoisotopic (exact) mass is 266 g/mol. The zero-order valence-corrected chi connectivity index (χ0v) is 11.8. The van der Waals surface area contributed by atoms with Crippen molar-refractivity contribution >= 4 is 16.6 Å². The Hall–Kier alpha value is -2.36. The summed E-state index contributed by atoms with van der Waals surface area (Å²) in [7, 11) is 0. The molecule has 1 aromatic carbocycles. The topological polar surface area (TPSA) is 56.7 Å². The minimum absolute atomic E-state index is 0.699. The first-order valence-electron chi connectivity index (χ1n) is 6.96. The van der Waals surface area contributed by atoms with Crippen molar-refractivity contribution < 1.29 is 0 Å². The Morgan fingerprint density at radius 3 is 2.75 bits per heavy atom. The zero-order chi connectivity index (χ0) is 14.1. The summed E-state index contributed by atoms with van der Waals surface area (Å²) in [5, 5.41) is 5.73. The SMILES string of the molecule is CCc1cc(CC)n(-c2ccc(N)c3ncccc23)n1. The van der Waals surface area contributed by atoms with Crippen molar-refractivity contribution in [1.29, 1.82) is 0 Å². The van der Waals surface area contributed by atoms with Gasteiger partial charge < -0.3 is 5.73 Å². The highest BCUT2D eigenvalue weighted by Crippen LogP contribution is 2.26. The van der Waals surface area contributed by atoms with Gasteiger partial charge in [-0.2, -0.15) is 5.10 Å². The van der Waals surface area contributed by atoms with Crippen LogP contribution in [-0.4, -0.2) is 14.8 Å². The third kappa shape index (κ3) is 1.93. The second-order valence-electron chi connectivity index (χ2n) is 4.82. The fourth-order valence-electron chi connectivity index (χ4n) is 2.47. The van der Waals surface area contributed by atoms with Crippen LogP contribution in [0, 0.1) is 0 Å². The van der Waals surface area contributed by atoms with E-state index in [4.69, 9.17) is 10.8 Å². The van der Waals surface area contributed by atoms with E-state index in [0.29, 0.717) is 5.69 Å². The summed E-state index contributed by atoms with van der Waals surface area (Å²) < 4.78 is 2.02. The molecule has 0 aliphatic rings. The Labute approximate surface area is 118 Å². The summed E-state index contributed by atoms with van der Waals surface area (Å²) in [6.45, 7) is 4.26. The first-order valence-corrected chi connectivity index (χ1v) is 6.96. The van der Waals surface area contributed by atoms with Gasteiger partial charge in [0.2, 0.25) is 0 Å². The number of fused-ring (bicyclic) bond motifs is 1. The van der Waals surface area contributed by atoms with Crippen LogP contribution in [-0.2, 0) is 12.8 Å². The Kier molecular flexibility index (Phi) is 3.14. The van der Waals surface area contributed by atoms with Crippen LogP contribution in [0.2, 0.25) is 0 Å². The fourth-order valence-corrected chi connectivity index (χ4v) is 2.47. The summed E-state index contributed by atoms with van der Waals surface area (Å²) in [4.78, 5) is 4.38. The lowest BCUT2D eigenvalue weighted by Crippen LogP contribution is -2.03. The van der Waals surface area contributed by atoms with Gasteiger partial charge in [-0.05, 0) is 43.2 Å². The number of nitrogen functional groups attached to an aromatic ring is 1. The van der Waals surface area contributed by atoms with Crippen LogP contribution in [0.4, 0.5) is 5.69 Å². The van der Waals surface area contributed by atoms with Gasteiger partial charge in [0.25, 0.3) is 0 Å². The summed E-state index contributed by atoms with van der Waals surface area (Å²) in [5.41, 5.74) is 10.9. The number of anilines is 1. The van der Waals surface area contributed by atoms with Crippen LogP contribution in [0.25, 0.3) is 16.6 Å². The van der Waals surface area contributed by atoms with E-state index in [2.05, 4.69) is 24.9 Å². The molecule has 0 amide bonds. The molecule has 0 atom stereocenters. The average molecular weight is 266 g/mol. The van der Waals surface area contributed by atoms with Crippen LogP contribution < -0.4 is 5.73 Å². The Morgan fingerprint density at radius 1 is 1.15 bits per heavy atom. The second kappa shape index (κ2) is 4.96. The van der Waals surface area contributed by atoms with Crippen molar-refractivity contribution in [2.45, 2.75) is 26.7 Å². The Balaban J connectivity index is 2.30. The van der Waals surface area contributed by atoms with Gasteiger partial charge in [0, 0.05) is 17.3 Å². The molecule has 20 heavy (non-hydrogen) atoms. The zero-order valence-electron chi connectivity index (χ0n) is 11.8. The van der Waals surface area contributed by atoms with Crippen LogP contribution >= 0.6 is 0 Å². The second-order valence-corrected chi connectivity index (χ2v) is 4.82. The van der Waals surface area contributed by atoms with E-state index >= 15 is 0 Å². The van der Waals surface area contributed by atoms with E-state index < -0.39 is 0 Å². The van der Waals surface area contributed by atoms with E-state index in [9.17, 15) is 0 Å². The molecule has 4 heteroatoms. The maximum Gasteiger partial charge on any atom is 0.0952 e. The lowest BCUT2D eigenvalue weighted by atomic mass is 10.1. The standard InChI is InChI=1S/C16H18N4/c1-3-11-10-12(4-2)20(19-11)15-8-7-14(17)16-13(15)6-5-9-18-16/h5-10H,3-4,17H2,1-2H3. The molecule has 0 radical (unpaired) electrons. The summed E-state index contributed by atoms with van der Waals surface area (Å²) in [6, 6.07) is 10.1. The Morgan fingerprint density at radius 2 is 2.00 bits per heavy atom. The van der Waals surface area contributed by atoms with Crippen molar-refractivity contribution in [3.63, 3.8) is 0 Å². The largest absolute Gasteiger partial charge is 0.397 e. The van der Waals surface area contributed by atoms with Gasteiger partial charge in [0.15, 0.2) is 0 Å². The number of rotatable bonds is 3. The molecular formula is C16H18N4. The highest BCUT2D eigenvalue weighted by Gasteiger charge is 2.11. The molecule has 0 unspecified atom stereocenters. The fraction of sp³-hybridized carbons (Fsp3) is 0.250. The molecule has 0 bridgehead atoms. The number of pyridine rings is 1. The van der Waals surface area contributed by atoms with Crippen LogP contribution in [0.15, 0.2) is 36.5 Å². The maximum absolute atomic E-state index is 6.01. The predicted octanol–water partition coefficient (Wildman–Crippen LogP) is 3.13. The summed E-state index contributed by atoms with van der Waals surface area (Å²) in [5.74, 6) is 0. The van der Waals surface area contributed by atoms with Crippen molar-refractivity contribution in [3.8, 4) is 5.69 Å². The van der Waals surface area contributed by atoms with Gasteiger partial charge in [-0.1, -0.05) is 13.8 Å². The van der Waals surface area contributed by atoms with Crippen LogP contribution in [0.5, 0.6) is 0 Å². The molecule has 2 aromatic heterocycles. The number of benzene rings is 1. The van der Waals surface area contributed by atoms with Crippen LogP contribution in [0.1, 0.15) is 25.2 Å². The molecule has 0 fully saturated rings. The molecular weight excluding hydrogens is 248 g/mol. The minimum atomic E-state index is 0.699. The number of hydrogen-bond donors (Lipinski definition) is 1. The lowest BCUT2D eigenvalue weighted by molar-refractivity contribution is 0.799. The summed E-state index contributed by atoms with van der Waals surface area (Å²) in [6.07, 6.45) is 3.65. The highest BCUT2D eigenvalue weighted by atomic mass is 15.3. The van der Waals surface area contributed by atoms with E-state index in [1.165, 1.54) is 5.69 Å². The molecule has 0 spiro atoms. The van der Waals surface area contributed by atoms with E-state index in [1.54, 1.807) is 6.20 Å². The Bertz CT molecular complexity index is 758. The number of hydrogen-bond acceptors (Lipinski definition) is 3. The van der Waals surface area contributed by atoms with Gasteiger partial charge in [0.05, 0.1) is 22.6 Å². The van der Waals surface area contributed by atoms with Gasteiger partial charge in [-0.3, -0.25) is 4.98 Å². The molecule has 0 aliphatic heterocycles. The predicted molar refractivity (Wildman–Crippen MR) is 82.0 cm³/mol. The molecule has 0 saturated heterocycles. The molecule has 3 aromatic rings. The number of nitrogens with two attached hydrogens (primary N) is 1. The summed E-state index contributed by atoms with van der Waals surface area (Å²) >= 11 is 0. The molecule has 0 saturated carbocycles. The first kappa shape index (κ1) is 12.7. The normalized spacial score (nSPS) is 11.1. The van der Waals surface area contributed by atoms with Gasteiger partial charge in [-0.25, -0.2) is 4.68 Å². The van der Waals surface area contributed by atoms with E-state index in [0.717, 1.165) is 35.1 Å². The highest BCUT2D eigenvalue weighted by molar-refractivity contribution is 5.95. The van der Waals surface area contributed by atoms with Crippen LogP contribution in [0.3, 0.4) is 0 Å². The average Bonchev–Trinajstić information content (AvgIpc) is 2.91. The van der Waals surface area contributed by atoms with Crippen molar-refractivity contribution in [1.82, 2.24) is 14.8 Å². The number of nitrogens with zero attached hydrogens (tertiary/aromatic N) is 3. The third-order valence-electron chi connectivity index (χ3n) is 3.56. The molecule has 3 rings (SSSR count). The molecule has 4 nitrogen and oxygen atoms in total. The molecule has 2 N–H and O–H groups in total.